The zero-order valence-corrected chi connectivity index (χ0v) is 7.24. The summed E-state index contributed by atoms with van der Waals surface area (Å²) in [5, 5.41) is 8.79. The van der Waals surface area contributed by atoms with E-state index in [9.17, 15) is 0 Å². The van der Waals surface area contributed by atoms with Crippen LogP contribution < -0.4 is 0 Å². The predicted octanol–water partition coefficient (Wildman–Crippen LogP) is 0.752. The monoisotopic (exact) mass is 172 g/mol. The lowest BCUT2D eigenvalue weighted by Gasteiger charge is -2.13. The van der Waals surface area contributed by atoms with E-state index in [-0.39, 0.29) is 12.7 Å². The number of hydrogen-bond acceptors (Lipinski definition) is 3. The van der Waals surface area contributed by atoms with Gasteiger partial charge in [0, 0.05) is 0 Å². The van der Waals surface area contributed by atoms with Gasteiger partial charge < -0.3 is 14.6 Å². The van der Waals surface area contributed by atoms with Crippen LogP contribution in [0.3, 0.4) is 0 Å². The van der Waals surface area contributed by atoms with Crippen molar-refractivity contribution in [3.63, 3.8) is 0 Å². The van der Waals surface area contributed by atoms with Crippen LogP contribution in [0.15, 0.2) is 25.3 Å². The fourth-order valence-electron chi connectivity index (χ4n) is 0.640. The summed E-state index contributed by atoms with van der Waals surface area (Å²) in [4.78, 5) is 0. The highest BCUT2D eigenvalue weighted by Gasteiger charge is 2.05. The molecular formula is C9H16O3. The molecule has 0 aromatic heterocycles. The first-order valence-corrected chi connectivity index (χ1v) is 3.87. The fraction of sp³-hybridized carbons (Fsp3) is 0.556. The summed E-state index contributed by atoms with van der Waals surface area (Å²) in [6.45, 7) is 8.26. The first-order chi connectivity index (χ1) is 5.85. The van der Waals surface area contributed by atoms with Gasteiger partial charge in [0.1, 0.15) is 6.10 Å². The van der Waals surface area contributed by atoms with Gasteiger partial charge in [0.2, 0.25) is 0 Å². The van der Waals surface area contributed by atoms with Crippen molar-refractivity contribution >= 4 is 0 Å². The SMILES string of the molecule is C=CCOC[C@@H](CO)OCC=C. The molecular weight excluding hydrogens is 156 g/mol. The molecule has 0 radical (unpaired) electrons. The molecule has 0 fully saturated rings. The molecule has 1 N–H and O–H groups in total. The van der Waals surface area contributed by atoms with Gasteiger partial charge in [-0.3, -0.25) is 0 Å². The van der Waals surface area contributed by atoms with Crippen LogP contribution in [0.25, 0.3) is 0 Å². The molecule has 3 nitrogen and oxygen atoms in total. The van der Waals surface area contributed by atoms with E-state index in [0.29, 0.717) is 19.8 Å². The van der Waals surface area contributed by atoms with Crippen molar-refractivity contribution in [3.05, 3.63) is 25.3 Å². The van der Waals surface area contributed by atoms with Crippen LogP contribution >= 0.6 is 0 Å². The van der Waals surface area contributed by atoms with Gasteiger partial charge in [0.15, 0.2) is 0 Å². The van der Waals surface area contributed by atoms with E-state index in [0.717, 1.165) is 0 Å². The van der Waals surface area contributed by atoms with Gasteiger partial charge in [0.25, 0.3) is 0 Å². The van der Waals surface area contributed by atoms with Crippen LogP contribution in [0.5, 0.6) is 0 Å². The molecule has 0 heterocycles. The molecule has 0 saturated heterocycles. The first kappa shape index (κ1) is 11.4. The van der Waals surface area contributed by atoms with E-state index in [2.05, 4.69) is 13.2 Å². The third-order valence-electron chi connectivity index (χ3n) is 1.19. The lowest BCUT2D eigenvalue weighted by molar-refractivity contribution is -0.0268. The summed E-state index contributed by atoms with van der Waals surface area (Å²) in [6.07, 6.45) is 3.03. The number of aliphatic hydroxyl groups is 1. The summed E-state index contributed by atoms with van der Waals surface area (Å²) < 4.78 is 10.3. The normalized spacial score (nSPS) is 12.4. The lowest BCUT2D eigenvalue weighted by Crippen LogP contribution is -2.24. The maximum Gasteiger partial charge on any atom is 0.104 e. The Balaban J connectivity index is 3.38. The molecule has 12 heavy (non-hydrogen) atoms. The molecule has 0 saturated carbocycles. The van der Waals surface area contributed by atoms with E-state index in [1.54, 1.807) is 12.2 Å². The van der Waals surface area contributed by atoms with Crippen molar-refractivity contribution in [3.8, 4) is 0 Å². The molecule has 70 valence electrons. The van der Waals surface area contributed by atoms with Crippen LogP contribution in [0.1, 0.15) is 0 Å². The zero-order valence-electron chi connectivity index (χ0n) is 7.24. The molecule has 3 heteroatoms. The maximum absolute atomic E-state index is 8.79. The Hall–Kier alpha value is -0.640. The van der Waals surface area contributed by atoms with Gasteiger partial charge in [-0.05, 0) is 0 Å². The molecule has 0 aromatic rings. The van der Waals surface area contributed by atoms with Crippen LogP contribution in [-0.4, -0.2) is 37.6 Å². The molecule has 0 bridgehead atoms. The third kappa shape index (κ3) is 6.09. The Morgan fingerprint density at radius 1 is 1.25 bits per heavy atom. The van der Waals surface area contributed by atoms with E-state index in [1.165, 1.54) is 0 Å². The van der Waals surface area contributed by atoms with Crippen LogP contribution in [0.4, 0.5) is 0 Å². The molecule has 0 aromatic carbocycles. The van der Waals surface area contributed by atoms with Crippen molar-refractivity contribution < 1.29 is 14.6 Å². The van der Waals surface area contributed by atoms with E-state index in [1.807, 2.05) is 0 Å². The highest BCUT2D eigenvalue weighted by Crippen LogP contribution is 1.92. The highest BCUT2D eigenvalue weighted by atomic mass is 16.5. The van der Waals surface area contributed by atoms with Gasteiger partial charge in [-0.25, -0.2) is 0 Å². The molecule has 0 amide bonds. The van der Waals surface area contributed by atoms with E-state index in [4.69, 9.17) is 14.6 Å². The maximum atomic E-state index is 8.79. The lowest BCUT2D eigenvalue weighted by atomic mass is 10.4. The molecule has 0 unspecified atom stereocenters. The topological polar surface area (TPSA) is 38.7 Å². The third-order valence-corrected chi connectivity index (χ3v) is 1.19. The van der Waals surface area contributed by atoms with Crippen LogP contribution in [-0.2, 0) is 9.47 Å². The van der Waals surface area contributed by atoms with Crippen molar-refractivity contribution in [2.75, 3.05) is 26.4 Å². The average molecular weight is 172 g/mol. The number of hydrogen-bond donors (Lipinski definition) is 1. The molecule has 0 aliphatic rings. The van der Waals surface area contributed by atoms with E-state index < -0.39 is 0 Å². The van der Waals surface area contributed by atoms with Crippen LogP contribution in [0.2, 0.25) is 0 Å². The minimum atomic E-state index is -0.261. The fourth-order valence-corrected chi connectivity index (χ4v) is 0.640. The summed E-state index contributed by atoms with van der Waals surface area (Å²) in [6, 6.07) is 0. The first-order valence-electron chi connectivity index (χ1n) is 3.87. The van der Waals surface area contributed by atoms with Gasteiger partial charge in [0.05, 0.1) is 26.4 Å². The summed E-state index contributed by atoms with van der Waals surface area (Å²) in [5.41, 5.74) is 0. The van der Waals surface area contributed by atoms with Crippen molar-refractivity contribution in [2.45, 2.75) is 6.10 Å². The Labute approximate surface area is 73.3 Å². The molecule has 0 aliphatic carbocycles. The van der Waals surface area contributed by atoms with Gasteiger partial charge in [-0.15, -0.1) is 13.2 Å². The van der Waals surface area contributed by atoms with Crippen molar-refractivity contribution in [2.24, 2.45) is 0 Å². The van der Waals surface area contributed by atoms with Crippen molar-refractivity contribution in [1.82, 2.24) is 0 Å². The molecule has 1 atom stereocenters. The summed E-state index contributed by atoms with van der Waals surface area (Å²) in [7, 11) is 0. The zero-order chi connectivity index (χ0) is 9.23. The summed E-state index contributed by atoms with van der Waals surface area (Å²) in [5.74, 6) is 0. The molecule has 0 aliphatic heterocycles. The standard InChI is InChI=1S/C9H16O3/c1-3-5-11-8-9(7-10)12-6-4-2/h3-4,9-10H,1-2,5-8H2/t9-/m1/s1. The molecule has 0 spiro atoms. The Morgan fingerprint density at radius 3 is 2.42 bits per heavy atom. The quantitative estimate of drug-likeness (QED) is 0.434. The average Bonchev–Trinajstić information content (AvgIpc) is 2.11. The Morgan fingerprint density at radius 2 is 1.92 bits per heavy atom. The second kappa shape index (κ2) is 8.46. The number of aliphatic hydroxyl groups excluding tert-OH is 1. The van der Waals surface area contributed by atoms with Gasteiger partial charge in [-0.2, -0.15) is 0 Å². The molecule has 0 rings (SSSR count). The highest BCUT2D eigenvalue weighted by molar-refractivity contribution is 4.68. The van der Waals surface area contributed by atoms with Gasteiger partial charge in [-0.1, -0.05) is 12.2 Å². The Bertz CT molecular complexity index is 123. The number of ether oxygens (including phenoxy) is 2. The predicted molar refractivity (Wildman–Crippen MR) is 48.0 cm³/mol. The second-order valence-corrected chi connectivity index (χ2v) is 2.25. The Kier molecular flexibility index (Phi) is 8.01. The minimum Gasteiger partial charge on any atom is -0.394 e. The largest absolute Gasteiger partial charge is 0.394 e. The minimum absolute atomic E-state index is 0.0367. The smallest absolute Gasteiger partial charge is 0.104 e. The van der Waals surface area contributed by atoms with E-state index >= 15 is 0 Å². The second-order valence-electron chi connectivity index (χ2n) is 2.25. The summed E-state index contributed by atoms with van der Waals surface area (Å²) >= 11 is 0. The number of rotatable bonds is 8. The van der Waals surface area contributed by atoms with Crippen molar-refractivity contribution in [1.29, 1.82) is 0 Å². The van der Waals surface area contributed by atoms with Gasteiger partial charge >= 0.3 is 0 Å². The van der Waals surface area contributed by atoms with Crippen LogP contribution in [0, 0.1) is 0 Å².